The minimum atomic E-state index is -0.547. The quantitative estimate of drug-likeness (QED) is 0.744. The summed E-state index contributed by atoms with van der Waals surface area (Å²) in [7, 11) is 0. The molecule has 1 spiro atoms. The van der Waals surface area contributed by atoms with Gasteiger partial charge in [-0.25, -0.2) is 0 Å². The molecule has 4 aliphatic rings. The highest BCUT2D eigenvalue weighted by molar-refractivity contribution is 5.66. The molecule has 0 aliphatic heterocycles. The first-order chi connectivity index (χ1) is 11.5. The van der Waals surface area contributed by atoms with Gasteiger partial charge < -0.3 is 9.84 Å². The van der Waals surface area contributed by atoms with Gasteiger partial charge in [0.25, 0.3) is 0 Å². The summed E-state index contributed by atoms with van der Waals surface area (Å²) in [5.41, 5.74) is -0.114. The van der Waals surface area contributed by atoms with E-state index in [0.29, 0.717) is 23.7 Å². The number of esters is 1. The molecule has 0 aromatic heterocycles. The zero-order chi connectivity index (χ0) is 18.4. The van der Waals surface area contributed by atoms with Gasteiger partial charge in [0.2, 0.25) is 0 Å². The molecule has 0 saturated heterocycles. The number of ether oxygens (including phenoxy) is 1. The molecule has 4 fully saturated rings. The minimum Gasteiger partial charge on any atom is -0.462 e. The Labute approximate surface area is 152 Å². The molecule has 0 aromatic rings. The van der Waals surface area contributed by atoms with E-state index in [2.05, 4.69) is 27.7 Å². The summed E-state index contributed by atoms with van der Waals surface area (Å²) in [5, 5.41) is 11.1. The third-order valence-electron chi connectivity index (χ3n) is 9.45. The van der Waals surface area contributed by atoms with Crippen molar-refractivity contribution in [2.75, 3.05) is 0 Å². The van der Waals surface area contributed by atoms with Crippen LogP contribution in [0.3, 0.4) is 0 Å². The molecule has 3 heteroatoms. The van der Waals surface area contributed by atoms with Crippen molar-refractivity contribution in [3.63, 3.8) is 0 Å². The van der Waals surface area contributed by atoms with E-state index in [-0.39, 0.29) is 28.3 Å². The first kappa shape index (κ1) is 17.8. The summed E-state index contributed by atoms with van der Waals surface area (Å²) in [4.78, 5) is 11.9. The summed E-state index contributed by atoms with van der Waals surface area (Å²) in [6.45, 7) is 13.2. The van der Waals surface area contributed by atoms with Crippen LogP contribution in [-0.2, 0) is 9.53 Å². The van der Waals surface area contributed by atoms with E-state index in [9.17, 15) is 9.90 Å². The summed E-state index contributed by atoms with van der Waals surface area (Å²) < 4.78 is 6.00. The molecule has 0 unspecified atom stereocenters. The fraction of sp³-hybridized carbons (Fsp3) is 0.955. The second-order valence-corrected chi connectivity index (χ2v) is 10.9. The summed E-state index contributed by atoms with van der Waals surface area (Å²) >= 11 is 0. The van der Waals surface area contributed by atoms with Crippen LogP contribution in [-0.4, -0.2) is 22.8 Å². The highest BCUT2D eigenvalue weighted by Gasteiger charge is 2.81. The number of carbonyl (C=O) groups excluding carboxylic acids is 1. The second kappa shape index (κ2) is 5.03. The van der Waals surface area contributed by atoms with Gasteiger partial charge in [0.05, 0.1) is 5.60 Å². The normalized spacial score (nSPS) is 56.8. The Morgan fingerprint density at radius 1 is 1.08 bits per heavy atom. The number of rotatable bonds is 2. The van der Waals surface area contributed by atoms with Crippen molar-refractivity contribution in [3.05, 3.63) is 0 Å². The van der Waals surface area contributed by atoms with Gasteiger partial charge in [-0.05, 0) is 80.0 Å². The van der Waals surface area contributed by atoms with Gasteiger partial charge in [-0.3, -0.25) is 4.79 Å². The van der Waals surface area contributed by atoms with E-state index >= 15 is 0 Å². The number of hydrogen-bond acceptors (Lipinski definition) is 3. The Bertz CT molecular complexity index is 596. The van der Waals surface area contributed by atoms with Crippen LogP contribution in [0.25, 0.3) is 0 Å². The molecule has 8 atom stereocenters. The summed E-state index contributed by atoms with van der Waals surface area (Å²) in [6.07, 6.45) is 6.53. The van der Waals surface area contributed by atoms with E-state index < -0.39 is 5.60 Å². The lowest BCUT2D eigenvalue weighted by atomic mass is 9.45. The predicted molar refractivity (Wildman–Crippen MR) is 97.8 cm³/mol. The van der Waals surface area contributed by atoms with Crippen molar-refractivity contribution in [2.45, 2.75) is 91.8 Å². The van der Waals surface area contributed by atoms with Gasteiger partial charge in [-0.1, -0.05) is 27.7 Å². The van der Waals surface area contributed by atoms with Gasteiger partial charge >= 0.3 is 5.97 Å². The lowest BCUT2D eigenvalue weighted by Crippen LogP contribution is -2.61. The van der Waals surface area contributed by atoms with Gasteiger partial charge in [0.15, 0.2) is 0 Å². The number of carbonyl (C=O) groups is 1. The summed E-state index contributed by atoms with van der Waals surface area (Å²) in [5.74, 6) is 2.27. The zero-order valence-electron chi connectivity index (χ0n) is 16.9. The monoisotopic (exact) mass is 348 g/mol. The van der Waals surface area contributed by atoms with Crippen molar-refractivity contribution < 1.29 is 14.6 Å². The lowest BCUT2D eigenvalue weighted by Gasteiger charge is -2.61. The van der Waals surface area contributed by atoms with E-state index in [1.54, 1.807) is 6.92 Å². The smallest absolute Gasteiger partial charge is 0.302 e. The van der Waals surface area contributed by atoms with Crippen LogP contribution >= 0.6 is 0 Å². The Morgan fingerprint density at radius 3 is 2.36 bits per heavy atom. The molecule has 0 heterocycles. The average molecular weight is 349 g/mol. The molecule has 142 valence electrons. The van der Waals surface area contributed by atoms with Crippen LogP contribution in [0.1, 0.15) is 80.1 Å². The van der Waals surface area contributed by atoms with Crippen molar-refractivity contribution in [1.82, 2.24) is 0 Å². The number of fused-ring (bicyclic) bond motifs is 1. The van der Waals surface area contributed by atoms with Crippen LogP contribution in [0.2, 0.25) is 0 Å². The molecule has 0 aromatic carbocycles. The molecule has 4 saturated carbocycles. The largest absolute Gasteiger partial charge is 0.462 e. The average Bonchev–Trinajstić information content (AvgIpc) is 3.15. The van der Waals surface area contributed by atoms with E-state index in [0.717, 1.165) is 25.7 Å². The standard InChI is InChI=1S/C22H36O3/c1-13(2)15-7-8-16-19(15,4)12-18(25-14(3)23)20(5)9-10-21(6,24)17-11-22(16,17)20/h13,15-18,24H,7-12H2,1-6H3/t15-,16-,17+,18+,19-,20-,21-,22+/m1/s1. The van der Waals surface area contributed by atoms with Crippen LogP contribution in [0, 0.1) is 39.9 Å². The topological polar surface area (TPSA) is 46.5 Å². The van der Waals surface area contributed by atoms with Crippen molar-refractivity contribution >= 4 is 5.97 Å². The van der Waals surface area contributed by atoms with Crippen molar-refractivity contribution in [3.8, 4) is 0 Å². The van der Waals surface area contributed by atoms with Gasteiger partial charge in [-0.2, -0.15) is 0 Å². The Kier molecular flexibility index (Phi) is 3.58. The predicted octanol–water partition coefficient (Wildman–Crippen LogP) is 4.57. The first-order valence-corrected chi connectivity index (χ1v) is 10.4. The third kappa shape index (κ3) is 2.05. The van der Waals surface area contributed by atoms with Gasteiger partial charge in [-0.15, -0.1) is 0 Å². The van der Waals surface area contributed by atoms with Crippen LogP contribution < -0.4 is 0 Å². The third-order valence-corrected chi connectivity index (χ3v) is 9.45. The van der Waals surface area contributed by atoms with E-state index in [4.69, 9.17) is 4.74 Å². The molecule has 4 aliphatic carbocycles. The number of aliphatic hydroxyl groups is 1. The molecule has 25 heavy (non-hydrogen) atoms. The SMILES string of the molecule is CC(=O)O[C@H]1C[C@]2(C)[C@@H](C(C)C)CC[C@H]2[C@@]23C[C@H]2[C@](C)(O)CC[C@]13C. The molecule has 0 radical (unpaired) electrons. The van der Waals surface area contributed by atoms with Crippen LogP contribution in [0.5, 0.6) is 0 Å². The Hall–Kier alpha value is -0.570. The van der Waals surface area contributed by atoms with Crippen LogP contribution in [0.15, 0.2) is 0 Å². The second-order valence-electron chi connectivity index (χ2n) is 10.9. The lowest BCUT2D eigenvalue weighted by molar-refractivity contribution is -0.208. The maximum atomic E-state index is 11.9. The molecule has 4 rings (SSSR count). The fourth-order valence-corrected chi connectivity index (χ4v) is 8.34. The molecule has 3 nitrogen and oxygen atoms in total. The maximum absolute atomic E-state index is 11.9. The highest BCUT2D eigenvalue weighted by Crippen LogP contribution is 2.84. The maximum Gasteiger partial charge on any atom is 0.302 e. The van der Waals surface area contributed by atoms with Crippen LogP contribution in [0.4, 0.5) is 0 Å². The zero-order valence-corrected chi connectivity index (χ0v) is 16.9. The summed E-state index contributed by atoms with van der Waals surface area (Å²) in [6, 6.07) is 0. The van der Waals surface area contributed by atoms with E-state index in [1.165, 1.54) is 12.8 Å². The van der Waals surface area contributed by atoms with Crippen molar-refractivity contribution in [2.24, 2.45) is 39.9 Å². The minimum absolute atomic E-state index is 0.00620. The number of hydrogen-bond donors (Lipinski definition) is 1. The fourth-order valence-electron chi connectivity index (χ4n) is 8.34. The molecular weight excluding hydrogens is 312 g/mol. The van der Waals surface area contributed by atoms with Gasteiger partial charge in [0, 0.05) is 12.3 Å². The van der Waals surface area contributed by atoms with Crippen molar-refractivity contribution in [1.29, 1.82) is 0 Å². The molecule has 0 amide bonds. The van der Waals surface area contributed by atoms with E-state index in [1.807, 2.05) is 6.92 Å². The Balaban J connectivity index is 1.81. The first-order valence-electron chi connectivity index (χ1n) is 10.4. The molecular formula is C22H36O3. The molecule has 0 bridgehead atoms. The molecule has 1 N–H and O–H groups in total. The highest BCUT2D eigenvalue weighted by atomic mass is 16.5. The Morgan fingerprint density at radius 2 is 1.76 bits per heavy atom. The van der Waals surface area contributed by atoms with Gasteiger partial charge in [0.1, 0.15) is 6.10 Å².